The van der Waals surface area contributed by atoms with E-state index in [2.05, 4.69) is 34.5 Å². The first-order valence-corrected chi connectivity index (χ1v) is 8.10. The Labute approximate surface area is 132 Å². The molecule has 1 fully saturated rings. The van der Waals surface area contributed by atoms with Crippen LogP contribution in [0.15, 0.2) is 36.4 Å². The van der Waals surface area contributed by atoms with Gasteiger partial charge in [0.1, 0.15) is 5.75 Å². The third-order valence-corrected chi connectivity index (χ3v) is 4.56. The fourth-order valence-electron chi connectivity index (χ4n) is 3.29. The lowest BCUT2D eigenvalue weighted by molar-refractivity contribution is -0.125. The number of hydrogen-bond donors (Lipinski definition) is 1. The first kappa shape index (κ1) is 14.9. The van der Waals surface area contributed by atoms with E-state index in [4.69, 9.17) is 4.74 Å². The van der Waals surface area contributed by atoms with Gasteiger partial charge in [-0.2, -0.15) is 0 Å². The Balaban J connectivity index is 1.60. The molecule has 1 heterocycles. The van der Waals surface area contributed by atoms with Crippen molar-refractivity contribution in [2.75, 3.05) is 25.1 Å². The van der Waals surface area contributed by atoms with Crippen LogP contribution in [0.5, 0.6) is 5.75 Å². The van der Waals surface area contributed by atoms with Crippen molar-refractivity contribution in [3.63, 3.8) is 0 Å². The maximum atomic E-state index is 12.3. The largest absolute Gasteiger partial charge is 0.497 e. The molecule has 22 heavy (non-hydrogen) atoms. The van der Waals surface area contributed by atoms with Crippen LogP contribution in [0.25, 0.3) is 0 Å². The summed E-state index contributed by atoms with van der Waals surface area (Å²) < 4.78 is 5.30. The zero-order chi connectivity index (χ0) is 15.4. The predicted molar refractivity (Wildman–Crippen MR) is 88.2 cm³/mol. The number of carbonyl (C=O) groups excluding carboxylic acids is 1. The van der Waals surface area contributed by atoms with Crippen LogP contribution < -0.4 is 15.0 Å². The van der Waals surface area contributed by atoms with E-state index in [0.29, 0.717) is 0 Å². The molecule has 1 amide bonds. The molecule has 0 radical (unpaired) electrons. The summed E-state index contributed by atoms with van der Waals surface area (Å²) in [5.41, 5.74) is 1.17. The van der Waals surface area contributed by atoms with Gasteiger partial charge in [0.2, 0.25) is 5.91 Å². The highest BCUT2D eigenvalue weighted by molar-refractivity contribution is 5.79. The molecule has 1 atom stereocenters. The highest BCUT2D eigenvalue weighted by Crippen LogP contribution is 2.25. The summed E-state index contributed by atoms with van der Waals surface area (Å²) in [5.74, 6) is 1.23. The van der Waals surface area contributed by atoms with Crippen molar-refractivity contribution in [1.82, 2.24) is 5.32 Å². The summed E-state index contributed by atoms with van der Waals surface area (Å²) in [6.45, 7) is 1.91. The molecule has 118 valence electrons. The summed E-state index contributed by atoms with van der Waals surface area (Å²) in [7, 11) is 1.69. The zero-order valence-electron chi connectivity index (χ0n) is 13.1. The molecule has 1 N–H and O–H groups in total. The lowest BCUT2D eigenvalue weighted by Gasteiger charge is -2.35. The fourth-order valence-corrected chi connectivity index (χ4v) is 3.29. The number of allylic oxidation sites excluding steroid dienone is 2. The van der Waals surface area contributed by atoms with Crippen molar-refractivity contribution in [3.05, 3.63) is 36.4 Å². The monoisotopic (exact) mass is 300 g/mol. The van der Waals surface area contributed by atoms with Crippen molar-refractivity contribution in [1.29, 1.82) is 0 Å². The molecule has 4 nitrogen and oxygen atoms in total. The van der Waals surface area contributed by atoms with Gasteiger partial charge in [0, 0.05) is 36.8 Å². The van der Waals surface area contributed by atoms with Gasteiger partial charge in [-0.1, -0.05) is 18.2 Å². The second kappa shape index (κ2) is 6.86. The molecule has 0 bridgehead atoms. The van der Waals surface area contributed by atoms with E-state index >= 15 is 0 Å². The number of nitrogens with one attached hydrogen (secondary N) is 1. The van der Waals surface area contributed by atoms with Crippen LogP contribution >= 0.6 is 0 Å². The molecule has 2 aliphatic rings. The van der Waals surface area contributed by atoms with E-state index in [1.807, 2.05) is 12.1 Å². The van der Waals surface area contributed by atoms with Gasteiger partial charge in [-0.05, 0) is 37.8 Å². The van der Waals surface area contributed by atoms with E-state index in [1.165, 1.54) is 5.69 Å². The predicted octanol–water partition coefficient (Wildman–Crippen LogP) is 2.75. The minimum absolute atomic E-state index is 0.146. The minimum Gasteiger partial charge on any atom is -0.497 e. The van der Waals surface area contributed by atoms with Crippen LogP contribution in [0.4, 0.5) is 5.69 Å². The molecule has 1 saturated heterocycles. The minimum atomic E-state index is 0.146. The first-order chi connectivity index (χ1) is 10.8. The Morgan fingerprint density at radius 3 is 2.91 bits per heavy atom. The maximum Gasteiger partial charge on any atom is 0.224 e. The highest BCUT2D eigenvalue weighted by Gasteiger charge is 2.25. The van der Waals surface area contributed by atoms with Gasteiger partial charge in [-0.25, -0.2) is 0 Å². The number of methoxy groups -OCH3 is 1. The smallest absolute Gasteiger partial charge is 0.224 e. The molecule has 1 unspecified atom stereocenters. The number of amides is 1. The number of carbonyl (C=O) groups is 1. The third-order valence-electron chi connectivity index (χ3n) is 4.56. The van der Waals surface area contributed by atoms with Crippen LogP contribution in [0.3, 0.4) is 0 Å². The van der Waals surface area contributed by atoms with E-state index in [1.54, 1.807) is 7.11 Å². The number of rotatable bonds is 4. The molecular weight excluding hydrogens is 276 g/mol. The van der Waals surface area contributed by atoms with Gasteiger partial charge in [-0.3, -0.25) is 4.79 Å². The zero-order valence-corrected chi connectivity index (χ0v) is 13.1. The van der Waals surface area contributed by atoms with E-state index in [0.717, 1.165) is 44.5 Å². The van der Waals surface area contributed by atoms with Gasteiger partial charge in [-0.15, -0.1) is 0 Å². The second-order valence-corrected chi connectivity index (χ2v) is 6.13. The average Bonchev–Trinajstić information content (AvgIpc) is 3.10. The normalized spacial score (nSPS) is 21.9. The molecule has 0 saturated carbocycles. The molecule has 1 aliphatic carbocycles. The Bertz CT molecular complexity index is 548. The summed E-state index contributed by atoms with van der Waals surface area (Å²) in [4.78, 5) is 14.6. The van der Waals surface area contributed by atoms with E-state index in [-0.39, 0.29) is 17.9 Å². The van der Waals surface area contributed by atoms with Crippen molar-refractivity contribution in [3.8, 4) is 5.75 Å². The van der Waals surface area contributed by atoms with Crippen molar-refractivity contribution >= 4 is 11.6 Å². The SMILES string of the molecule is COc1cccc(N2CCCC(NC(=O)C3CC=CC3)C2)c1. The Morgan fingerprint density at radius 2 is 2.14 bits per heavy atom. The Kier molecular flexibility index (Phi) is 4.66. The number of piperidine rings is 1. The molecular formula is C18H24N2O2. The van der Waals surface area contributed by atoms with Crippen LogP contribution in [0.1, 0.15) is 25.7 Å². The maximum absolute atomic E-state index is 12.3. The van der Waals surface area contributed by atoms with E-state index < -0.39 is 0 Å². The quantitative estimate of drug-likeness (QED) is 0.869. The van der Waals surface area contributed by atoms with Gasteiger partial charge in [0.25, 0.3) is 0 Å². The highest BCUT2D eigenvalue weighted by atomic mass is 16.5. The topological polar surface area (TPSA) is 41.6 Å². The van der Waals surface area contributed by atoms with Gasteiger partial charge >= 0.3 is 0 Å². The van der Waals surface area contributed by atoms with Crippen LogP contribution in [-0.4, -0.2) is 32.1 Å². The van der Waals surface area contributed by atoms with Crippen LogP contribution in [-0.2, 0) is 4.79 Å². The molecule has 1 aliphatic heterocycles. The summed E-state index contributed by atoms with van der Waals surface area (Å²) in [6, 6.07) is 8.38. The lowest BCUT2D eigenvalue weighted by atomic mass is 10.0. The third kappa shape index (κ3) is 3.43. The molecule has 1 aromatic rings. The average molecular weight is 300 g/mol. The second-order valence-electron chi connectivity index (χ2n) is 6.13. The number of benzene rings is 1. The fraction of sp³-hybridized carbons (Fsp3) is 0.500. The number of ether oxygens (including phenoxy) is 1. The standard InChI is InChI=1S/C18H24N2O2/c1-22-17-10-4-9-16(12-17)20-11-5-8-15(13-20)19-18(21)14-6-2-3-7-14/h2-4,9-10,12,14-15H,5-8,11,13H2,1H3,(H,19,21). The van der Waals surface area contributed by atoms with Gasteiger partial charge < -0.3 is 15.0 Å². The molecule has 1 aromatic carbocycles. The Hall–Kier alpha value is -1.97. The summed E-state index contributed by atoms with van der Waals surface area (Å²) in [6.07, 6.45) is 8.15. The summed E-state index contributed by atoms with van der Waals surface area (Å²) >= 11 is 0. The first-order valence-electron chi connectivity index (χ1n) is 8.10. The molecule has 0 aromatic heterocycles. The number of hydrogen-bond acceptors (Lipinski definition) is 3. The van der Waals surface area contributed by atoms with Crippen LogP contribution in [0.2, 0.25) is 0 Å². The van der Waals surface area contributed by atoms with Crippen molar-refractivity contribution in [2.45, 2.75) is 31.7 Å². The lowest BCUT2D eigenvalue weighted by Crippen LogP contribution is -2.49. The molecule has 4 heteroatoms. The number of anilines is 1. The van der Waals surface area contributed by atoms with Crippen molar-refractivity contribution < 1.29 is 9.53 Å². The van der Waals surface area contributed by atoms with Crippen LogP contribution in [0, 0.1) is 5.92 Å². The number of nitrogens with zero attached hydrogens (tertiary/aromatic N) is 1. The van der Waals surface area contributed by atoms with E-state index in [9.17, 15) is 4.79 Å². The molecule has 0 spiro atoms. The van der Waals surface area contributed by atoms with Gasteiger partial charge in [0.15, 0.2) is 0 Å². The molecule has 3 rings (SSSR count). The summed E-state index contributed by atoms with van der Waals surface area (Å²) in [5, 5.41) is 3.24. The van der Waals surface area contributed by atoms with Gasteiger partial charge in [0.05, 0.1) is 7.11 Å². The Morgan fingerprint density at radius 1 is 1.32 bits per heavy atom. The van der Waals surface area contributed by atoms with Crippen molar-refractivity contribution in [2.24, 2.45) is 5.92 Å².